The lowest BCUT2D eigenvalue weighted by Gasteiger charge is -1.98. The minimum Gasteiger partial charge on any atom is -0.481 e. The van der Waals surface area contributed by atoms with Crippen LogP contribution in [0.3, 0.4) is 0 Å². The van der Waals surface area contributed by atoms with Crippen molar-refractivity contribution in [1.82, 2.24) is 0 Å². The van der Waals surface area contributed by atoms with Crippen molar-refractivity contribution in [2.75, 3.05) is 0 Å². The second-order valence-electron chi connectivity index (χ2n) is 3.26. The lowest BCUT2D eigenvalue weighted by atomic mass is 10.1. The van der Waals surface area contributed by atoms with Crippen LogP contribution in [0, 0.1) is 23.7 Å². The molecule has 0 aromatic heterocycles. The Morgan fingerprint density at radius 2 is 2.20 bits per heavy atom. The maximum atomic E-state index is 10.5. The lowest BCUT2D eigenvalue weighted by Crippen LogP contribution is -2.04. The van der Waals surface area contributed by atoms with E-state index in [9.17, 15) is 4.79 Å². The van der Waals surface area contributed by atoms with Crippen LogP contribution < -0.4 is 0 Å². The van der Waals surface area contributed by atoms with Crippen molar-refractivity contribution in [2.45, 2.75) is 6.92 Å². The van der Waals surface area contributed by atoms with Crippen molar-refractivity contribution in [3.05, 3.63) is 12.2 Å². The van der Waals surface area contributed by atoms with Crippen molar-refractivity contribution in [1.29, 1.82) is 0 Å². The van der Waals surface area contributed by atoms with Crippen LogP contribution in [-0.4, -0.2) is 11.1 Å². The van der Waals surface area contributed by atoms with E-state index >= 15 is 0 Å². The summed E-state index contributed by atoms with van der Waals surface area (Å²) in [4.78, 5) is 10.5. The Hall–Kier alpha value is -0.790. The fraction of sp³-hybridized carbons (Fsp3) is 0.625. The zero-order valence-corrected chi connectivity index (χ0v) is 5.82. The number of fused-ring (bicyclic) bond motifs is 1. The van der Waals surface area contributed by atoms with Crippen LogP contribution in [-0.2, 0) is 4.79 Å². The van der Waals surface area contributed by atoms with E-state index in [1.165, 1.54) is 0 Å². The molecule has 4 atom stereocenters. The second-order valence-corrected chi connectivity index (χ2v) is 3.26. The van der Waals surface area contributed by atoms with E-state index in [1.54, 1.807) is 0 Å². The van der Waals surface area contributed by atoms with Gasteiger partial charge in [-0.3, -0.25) is 4.79 Å². The minimum atomic E-state index is -0.619. The molecular formula is C8H10O2. The summed E-state index contributed by atoms with van der Waals surface area (Å²) in [7, 11) is 0. The molecule has 0 unspecified atom stereocenters. The molecule has 0 aromatic rings. The average Bonchev–Trinajstić information content (AvgIpc) is 2.48. The predicted molar refractivity (Wildman–Crippen MR) is 36.4 cm³/mol. The predicted octanol–water partition coefficient (Wildman–Crippen LogP) is 1.14. The van der Waals surface area contributed by atoms with Gasteiger partial charge in [0.05, 0.1) is 5.92 Å². The average molecular weight is 138 g/mol. The molecule has 0 radical (unpaired) electrons. The molecular weight excluding hydrogens is 128 g/mol. The zero-order valence-electron chi connectivity index (χ0n) is 5.82. The number of carboxylic acid groups (broad SMARTS) is 1. The largest absolute Gasteiger partial charge is 0.481 e. The summed E-state index contributed by atoms with van der Waals surface area (Å²) in [5.41, 5.74) is 0. The van der Waals surface area contributed by atoms with Crippen LogP contribution in [0.1, 0.15) is 6.92 Å². The summed E-state index contributed by atoms with van der Waals surface area (Å²) in [6.07, 6.45) is 4.17. The summed E-state index contributed by atoms with van der Waals surface area (Å²) in [5, 5.41) is 8.64. The number of rotatable bonds is 1. The Balaban J connectivity index is 2.12. The summed E-state index contributed by atoms with van der Waals surface area (Å²) in [5.74, 6) is 0.613. The van der Waals surface area contributed by atoms with Gasteiger partial charge in [-0.1, -0.05) is 19.1 Å². The molecule has 2 rings (SSSR count). The fourth-order valence-electron chi connectivity index (χ4n) is 2.05. The molecule has 0 saturated heterocycles. The van der Waals surface area contributed by atoms with Gasteiger partial charge in [0.15, 0.2) is 0 Å². The molecule has 0 heterocycles. The second kappa shape index (κ2) is 1.62. The van der Waals surface area contributed by atoms with Crippen LogP contribution >= 0.6 is 0 Å². The summed E-state index contributed by atoms with van der Waals surface area (Å²) in [6, 6.07) is 0. The standard InChI is InChI=1S/C8H10O2/c1-4-2-3-5-6(4)7(5)8(9)10/h2-7H,1H3,(H,9,10)/t4-,5-,6+,7-/m0/s1. The first-order valence-electron chi connectivity index (χ1n) is 3.63. The third kappa shape index (κ3) is 0.564. The van der Waals surface area contributed by atoms with E-state index in [0.29, 0.717) is 17.8 Å². The summed E-state index contributed by atoms with van der Waals surface area (Å²) >= 11 is 0. The molecule has 2 heteroatoms. The maximum Gasteiger partial charge on any atom is 0.307 e. The quantitative estimate of drug-likeness (QED) is 0.552. The maximum absolute atomic E-state index is 10.5. The van der Waals surface area contributed by atoms with E-state index in [0.717, 1.165) is 0 Å². The molecule has 0 aliphatic heterocycles. The third-order valence-corrected chi connectivity index (χ3v) is 2.66. The Morgan fingerprint density at radius 1 is 1.50 bits per heavy atom. The van der Waals surface area contributed by atoms with Gasteiger partial charge in [-0.25, -0.2) is 0 Å². The van der Waals surface area contributed by atoms with Gasteiger partial charge >= 0.3 is 5.97 Å². The molecule has 1 fully saturated rings. The van der Waals surface area contributed by atoms with E-state index < -0.39 is 5.97 Å². The third-order valence-electron chi connectivity index (χ3n) is 2.66. The SMILES string of the molecule is C[C@H]1C=C[C@@H]2[C@H](C(=O)O)[C@@H]21. The van der Waals surface area contributed by atoms with Crippen molar-refractivity contribution in [3.63, 3.8) is 0 Å². The summed E-state index contributed by atoms with van der Waals surface area (Å²) in [6.45, 7) is 2.09. The normalized spacial score (nSPS) is 48.9. The van der Waals surface area contributed by atoms with Crippen molar-refractivity contribution >= 4 is 5.97 Å². The van der Waals surface area contributed by atoms with Crippen molar-refractivity contribution in [2.24, 2.45) is 23.7 Å². The van der Waals surface area contributed by atoms with Crippen LogP contribution in [0.25, 0.3) is 0 Å². The molecule has 2 aliphatic carbocycles. The zero-order chi connectivity index (χ0) is 7.30. The molecule has 0 bridgehead atoms. The van der Waals surface area contributed by atoms with Gasteiger partial charge in [0.2, 0.25) is 0 Å². The van der Waals surface area contributed by atoms with Gasteiger partial charge in [0, 0.05) is 0 Å². The molecule has 10 heavy (non-hydrogen) atoms. The van der Waals surface area contributed by atoms with Gasteiger partial charge in [-0.2, -0.15) is 0 Å². The van der Waals surface area contributed by atoms with Crippen molar-refractivity contribution in [3.8, 4) is 0 Å². The first-order valence-corrected chi connectivity index (χ1v) is 3.63. The van der Waals surface area contributed by atoms with Crippen LogP contribution in [0.4, 0.5) is 0 Å². The highest BCUT2D eigenvalue weighted by molar-refractivity contribution is 5.75. The van der Waals surface area contributed by atoms with Gasteiger partial charge in [-0.05, 0) is 17.8 Å². The Morgan fingerprint density at radius 3 is 2.50 bits per heavy atom. The lowest BCUT2D eigenvalue weighted by molar-refractivity contribution is -0.139. The van der Waals surface area contributed by atoms with E-state index in [4.69, 9.17) is 5.11 Å². The molecule has 0 aromatic carbocycles. The number of aliphatic carboxylic acids is 1. The van der Waals surface area contributed by atoms with Gasteiger partial charge in [0.1, 0.15) is 0 Å². The number of hydrogen-bond acceptors (Lipinski definition) is 1. The topological polar surface area (TPSA) is 37.3 Å². The number of carboxylic acids is 1. The Kier molecular flexibility index (Phi) is 0.967. The Labute approximate surface area is 59.5 Å². The van der Waals surface area contributed by atoms with E-state index in [1.807, 2.05) is 6.08 Å². The van der Waals surface area contributed by atoms with Crippen LogP contribution in [0.2, 0.25) is 0 Å². The highest BCUT2D eigenvalue weighted by Crippen LogP contribution is 2.56. The molecule has 1 saturated carbocycles. The highest BCUT2D eigenvalue weighted by Gasteiger charge is 2.57. The molecule has 0 amide bonds. The first kappa shape index (κ1) is 5.96. The van der Waals surface area contributed by atoms with Gasteiger partial charge in [-0.15, -0.1) is 0 Å². The number of carbonyl (C=O) groups is 1. The van der Waals surface area contributed by atoms with E-state index in [-0.39, 0.29) is 5.92 Å². The van der Waals surface area contributed by atoms with Gasteiger partial charge in [0.25, 0.3) is 0 Å². The van der Waals surface area contributed by atoms with E-state index in [2.05, 4.69) is 13.0 Å². The highest BCUT2D eigenvalue weighted by atomic mass is 16.4. The smallest absolute Gasteiger partial charge is 0.307 e. The first-order chi connectivity index (χ1) is 4.72. The monoisotopic (exact) mass is 138 g/mol. The molecule has 2 aliphatic rings. The molecule has 1 N–H and O–H groups in total. The van der Waals surface area contributed by atoms with Crippen LogP contribution in [0.5, 0.6) is 0 Å². The van der Waals surface area contributed by atoms with Crippen molar-refractivity contribution < 1.29 is 9.90 Å². The molecule has 54 valence electrons. The Bertz CT molecular complexity index is 207. The van der Waals surface area contributed by atoms with Crippen LogP contribution in [0.15, 0.2) is 12.2 Å². The number of hydrogen-bond donors (Lipinski definition) is 1. The van der Waals surface area contributed by atoms with Gasteiger partial charge < -0.3 is 5.11 Å². The summed E-state index contributed by atoms with van der Waals surface area (Å²) < 4.78 is 0. The molecule has 2 nitrogen and oxygen atoms in total. The number of allylic oxidation sites excluding steroid dienone is 2. The fourth-order valence-corrected chi connectivity index (χ4v) is 2.05. The minimum absolute atomic E-state index is 0.0556. The molecule has 0 spiro atoms.